The van der Waals surface area contributed by atoms with Crippen LogP contribution in [0, 0.1) is 0 Å². The van der Waals surface area contributed by atoms with E-state index in [0.717, 1.165) is 38.5 Å². The van der Waals surface area contributed by atoms with Crippen LogP contribution in [0.3, 0.4) is 0 Å². The van der Waals surface area contributed by atoms with Gasteiger partial charge in [-0.25, -0.2) is 4.79 Å². The third-order valence-electron chi connectivity index (χ3n) is 12.9. The number of likely N-dealkylation sites (N-methyl/N-ethyl adjacent to an activating group) is 1. The van der Waals surface area contributed by atoms with Gasteiger partial charge in [0.15, 0.2) is 6.10 Å². The molecule has 0 rings (SSSR count). The van der Waals surface area contributed by atoms with Gasteiger partial charge in [0.25, 0.3) is 6.29 Å². The second kappa shape index (κ2) is 48.7. The third-order valence-corrected chi connectivity index (χ3v) is 12.9. The SMILES string of the molecule is CCCCCCCCCCCCCCCCCCCCCCCCCCCCCCCCCC(=O)OC(COC(=O)CCCCCCCCCCC)COC(OCC[N+](C)(C)C)C(=O)O. The molecule has 2 unspecified atom stereocenters. The van der Waals surface area contributed by atoms with E-state index in [1.807, 2.05) is 21.1 Å². The van der Waals surface area contributed by atoms with Crippen LogP contribution in [0.25, 0.3) is 0 Å². The van der Waals surface area contributed by atoms with E-state index in [2.05, 4.69) is 13.8 Å². The Morgan fingerprint density at radius 1 is 0.400 bits per heavy atom. The number of nitrogens with zero attached hydrogens (tertiary/aromatic N) is 1. The Morgan fingerprint density at radius 3 is 0.985 bits per heavy atom. The Hall–Kier alpha value is -1.71. The van der Waals surface area contributed by atoms with E-state index in [-0.39, 0.29) is 38.2 Å². The molecule has 0 heterocycles. The minimum absolute atomic E-state index is 0.174. The van der Waals surface area contributed by atoms with E-state index >= 15 is 0 Å². The first-order chi connectivity index (χ1) is 31.6. The highest BCUT2D eigenvalue weighted by Gasteiger charge is 2.25. The van der Waals surface area contributed by atoms with Crippen molar-refractivity contribution in [3.63, 3.8) is 0 Å². The lowest BCUT2D eigenvalue weighted by atomic mass is 10.0. The number of carboxylic acid groups (broad SMARTS) is 1. The van der Waals surface area contributed by atoms with Crippen LogP contribution >= 0.6 is 0 Å². The summed E-state index contributed by atoms with van der Waals surface area (Å²) < 4.78 is 22.8. The molecule has 0 aliphatic carbocycles. The van der Waals surface area contributed by atoms with Crippen LogP contribution in [-0.2, 0) is 33.3 Å². The molecule has 0 fully saturated rings. The van der Waals surface area contributed by atoms with Crippen molar-refractivity contribution in [2.24, 2.45) is 0 Å². The molecule has 0 saturated carbocycles. The first-order valence-corrected chi connectivity index (χ1v) is 28.2. The molecule has 0 aromatic rings. The van der Waals surface area contributed by atoms with Gasteiger partial charge in [-0.15, -0.1) is 0 Å². The molecule has 0 aliphatic heterocycles. The molecule has 0 aliphatic rings. The van der Waals surface area contributed by atoms with Gasteiger partial charge in [0.2, 0.25) is 0 Å². The molecule has 0 aromatic heterocycles. The molecular formula is C56H110NO8+. The van der Waals surface area contributed by atoms with Crippen molar-refractivity contribution in [1.29, 1.82) is 0 Å². The molecule has 2 atom stereocenters. The lowest BCUT2D eigenvalue weighted by molar-refractivity contribution is -0.870. The van der Waals surface area contributed by atoms with Crippen molar-refractivity contribution in [2.75, 3.05) is 47.5 Å². The highest BCUT2D eigenvalue weighted by atomic mass is 16.7. The van der Waals surface area contributed by atoms with Crippen molar-refractivity contribution in [2.45, 2.75) is 296 Å². The van der Waals surface area contributed by atoms with Crippen molar-refractivity contribution in [3.8, 4) is 0 Å². The summed E-state index contributed by atoms with van der Waals surface area (Å²) in [5.41, 5.74) is 0. The third kappa shape index (κ3) is 50.0. The number of rotatable bonds is 53. The van der Waals surface area contributed by atoms with E-state index in [4.69, 9.17) is 18.9 Å². The summed E-state index contributed by atoms with van der Waals surface area (Å²) in [6.07, 6.45) is 50.7. The number of quaternary nitrogens is 1. The maximum absolute atomic E-state index is 12.8. The molecule has 386 valence electrons. The summed E-state index contributed by atoms with van der Waals surface area (Å²) in [7, 11) is 5.97. The minimum Gasteiger partial charge on any atom is -0.477 e. The van der Waals surface area contributed by atoms with Crippen LogP contribution in [0.1, 0.15) is 284 Å². The number of carboxylic acids is 1. The summed E-state index contributed by atoms with van der Waals surface area (Å²) in [6.45, 7) is 4.90. The lowest BCUT2D eigenvalue weighted by Crippen LogP contribution is -2.40. The minimum atomic E-state index is -1.50. The predicted molar refractivity (Wildman–Crippen MR) is 272 cm³/mol. The summed E-state index contributed by atoms with van der Waals surface area (Å²) in [5, 5.41) is 9.65. The predicted octanol–water partition coefficient (Wildman–Crippen LogP) is 16.0. The Bertz CT molecular complexity index is 1030. The molecular weight excluding hydrogens is 815 g/mol. The summed E-state index contributed by atoms with van der Waals surface area (Å²) >= 11 is 0. The summed E-state index contributed by atoms with van der Waals surface area (Å²) in [6, 6.07) is 0. The van der Waals surface area contributed by atoms with Crippen molar-refractivity contribution < 1.29 is 42.9 Å². The number of carbonyl (C=O) groups excluding carboxylic acids is 2. The number of unbranched alkanes of at least 4 members (excludes halogenated alkanes) is 38. The molecule has 0 bridgehead atoms. The maximum Gasteiger partial charge on any atom is 0.361 e. The largest absolute Gasteiger partial charge is 0.477 e. The number of hydrogen-bond acceptors (Lipinski definition) is 7. The van der Waals surface area contributed by atoms with Crippen LogP contribution in [-0.4, -0.2) is 87.4 Å². The Labute approximate surface area is 403 Å². The van der Waals surface area contributed by atoms with Crippen molar-refractivity contribution >= 4 is 17.9 Å². The van der Waals surface area contributed by atoms with Gasteiger partial charge in [0.1, 0.15) is 13.2 Å². The summed E-state index contributed by atoms with van der Waals surface area (Å²) in [4.78, 5) is 37.1. The van der Waals surface area contributed by atoms with Gasteiger partial charge in [0, 0.05) is 12.8 Å². The van der Waals surface area contributed by atoms with Crippen molar-refractivity contribution in [1.82, 2.24) is 0 Å². The first-order valence-electron chi connectivity index (χ1n) is 28.2. The zero-order valence-electron chi connectivity index (χ0n) is 43.9. The van der Waals surface area contributed by atoms with Gasteiger partial charge in [-0.05, 0) is 12.8 Å². The number of esters is 2. The fourth-order valence-corrected chi connectivity index (χ4v) is 8.49. The lowest BCUT2D eigenvalue weighted by Gasteiger charge is -2.25. The zero-order chi connectivity index (χ0) is 47.7. The maximum atomic E-state index is 12.8. The molecule has 1 N–H and O–H groups in total. The van der Waals surface area contributed by atoms with Gasteiger partial charge in [0.05, 0.1) is 34.4 Å². The molecule has 9 heteroatoms. The molecule has 65 heavy (non-hydrogen) atoms. The quantitative estimate of drug-likeness (QED) is 0.0278. The normalized spacial score (nSPS) is 12.7. The van der Waals surface area contributed by atoms with Gasteiger partial charge < -0.3 is 28.5 Å². The van der Waals surface area contributed by atoms with E-state index in [1.165, 1.54) is 218 Å². The Morgan fingerprint density at radius 2 is 0.692 bits per heavy atom. The highest BCUT2D eigenvalue weighted by Crippen LogP contribution is 2.18. The second-order valence-corrected chi connectivity index (χ2v) is 20.6. The number of carbonyl (C=O) groups is 3. The molecule has 0 amide bonds. The van der Waals surface area contributed by atoms with E-state index < -0.39 is 18.4 Å². The van der Waals surface area contributed by atoms with Crippen LogP contribution in [0.5, 0.6) is 0 Å². The van der Waals surface area contributed by atoms with Crippen LogP contribution in [0.2, 0.25) is 0 Å². The fraction of sp³-hybridized carbons (Fsp3) is 0.946. The average molecular weight is 925 g/mol. The molecule has 0 aromatic carbocycles. The Kier molecular flexibility index (Phi) is 47.5. The monoisotopic (exact) mass is 925 g/mol. The molecule has 9 nitrogen and oxygen atoms in total. The van der Waals surface area contributed by atoms with Gasteiger partial charge in [-0.3, -0.25) is 9.59 Å². The summed E-state index contributed by atoms with van der Waals surface area (Å²) in [5.74, 6) is -1.99. The second-order valence-electron chi connectivity index (χ2n) is 20.6. The fourth-order valence-electron chi connectivity index (χ4n) is 8.49. The Balaban J connectivity index is 3.97. The zero-order valence-corrected chi connectivity index (χ0v) is 43.9. The molecule has 0 radical (unpaired) electrons. The molecule has 0 spiro atoms. The topological polar surface area (TPSA) is 108 Å². The highest BCUT2D eigenvalue weighted by molar-refractivity contribution is 5.71. The number of aliphatic carboxylic acids is 1. The van der Waals surface area contributed by atoms with Gasteiger partial charge in [-0.2, -0.15) is 0 Å². The molecule has 0 saturated heterocycles. The van der Waals surface area contributed by atoms with Crippen molar-refractivity contribution in [3.05, 3.63) is 0 Å². The van der Waals surface area contributed by atoms with Crippen LogP contribution in [0.4, 0.5) is 0 Å². The van der Waals surface area contributed by atoms with E-state index in [9.17, 15) is 19.5 Å². The van der Waals surface area contributed by atoms with Gasteiger partial charge in [-0.1, -0.05) is 258 Å². The average Bonchev–Trinajstić information content (AvgIpc) is 3.27. The first kappa shape index (κ1) is 63.3. The number of ether oxygens (including phenoxy) is 4. The van der Waals surface area contributed by atoms with Crippen LogP contribution in [0.15, 0.2) is 0 Å². The van der Waals surface area contributed by atoms with E-state index in [0.29, 0.717) is 17.4 Å². The standard InChI is InChI=1S/C56H109NO8/c1-6-8-10-12-14-16-17-18-19-20-21-22-23-24-25-26-27-28-29-30-31-32-33-34-35-36-37-39-41-43-45-47-54(59)65-52(51-64-56(55(60)61)62-49-48-57(3,4)5)50-63-53(58)46-44-42-40-38-15-13-11-9-7-2/h52,56H,6-51H2,1-5H3/p+1. The smallest absolute Gasteiger partial charge is 0.361 e. The van der Waals surface area contributed by atoms with Gasteiger partial charge >= 0.3 is 17.9 Å². The van der Waals surface area contributed by atoms with E-state index in [1.54, 1.807) is 0 Å². The van der Waals surface area contributed by atoms with Crippen LogP contribution < -0.4 is 0 Å². The number of hydrogen-bond donors (Lipinski definition) is 1.